The second-order valence-corrected chi connectivity index (χ2v) is 8.93. The van der Waals surface area contributed by atoms with Crippen molar-refractivity contribution in [3.63, 3.8) is 0 Å². The molecule has 1 saturated heterocycles. The van der Waals surface area contributed by atoms with Crippen LogP contribution in [0.15, 0.2) is 24.4 Å². The van der Waals surface area contributed by atoms with E-state index in [9.17, 15) is 9.90 Å². The molecule has 1 aromatic carbocycles. The number of nitrogens with zero attached hydrogens (tertiary/aromatic N) is 1. The average molecular weight is 421 g/mol. The molecule has 0 saturated carbocycles. The highest BCUT2D eigenvalue weighted by Crippen LogP contribution is 2.31. The molecule has 1 aliphatic rings. The lowest BCUT2D eigenvalue weighted by Crippen LogP contribution is -2.52. The Morgan fingerprint density at radius 3 is 2.79 bits per heavy atom. The Hall–Kier alpha value is -1.56. The number of benzene rings is 1. The molecule has 29 heavy (non-hydrogen) atoms. The molecule has 2 aromatic rings. The maximum absolute atomic E-state index is 12.9. The third-order valence-corrected chi connectivity index (χ3v) is 6.09. The molecule has 0 radical (unpaired) electrons. The fraction of sp³-hybridized carbons (Fsp3) is 0.609. The minimum atomic E-state index is -0.880. The summed E-state index contributed by atoms with van der Waals surface area (Å²) in [4.78, 5) is 12.9. The molecule has 0 aliphatic carbocycles. The Kier molecular flexibility index (Phi) is 7.60. The van der Waals surface area contributed by atoms with E-state index in [1.165, 1.54) is 32.1 Å². The Labute approximate surface area is 178 Å². The zero-order valence-corrected chi connectivity index (χ0v) is 18.3. The van der Waals surface area contributed by atoms with Crippen LogP contribution in [0.2, 0.25) is 5.02 Å². The first kappa shape index (κ1) is 22.1. The van der Waals surface area contributed by atoms with Crippen LogP contribution in [-0.2, 0) is 11.3 Å². The minimum absolute atomic E-state index is 0.114. The molecule has 1 aromatic heterocycles. The van der Waals surface area contributed by atoms with Gasteiger partial charge in [-0.1, -0.05) is 63.6 Å². The highest BCUT2D eigenvalue weighted by molar-refractivity contribution is 6.36. The Morgan fingerprint density at radius 2 is 2.10 bits per heavy atom. The summed E-state index contributed by atoms with van der Waals surface area (Å²) in [7, 11) is 0. The van der Waals surface area contributed by atoms with Crippen molar-refractivity contribution in [2.24, 2.45) is 5.92 Å². The van der Waals surface area contributed by atoms with Crippen LogP contribution in [0.1, 0.15) is 62.7 Å². The van der Waals surface area contributed by atoms with Gasteiger partial charge in [0.15, 0.2) is 0 Å². The monoisotopic (exact) mass is 420 g/mol. The third-order valence-electron chi connectivity index (χ3n) is 5.78. The molecule has 2 heterocycles. The maximum Gasteiger partial charge on any atom is 0.253 e. The molecule has 1 aliphatic heterocycles. The highest BCUT2D eigenvalue weighted by Gasteiger charge is 2.37. The summed E-state index contributed by atoms with van der Waals surface area (Å²) in [5, 5.41) is 14.8. The number of carbonyl (C=O) groups excluding carboxylic acids is 1. The number of amides is 1. The predicted octanol–water partition coefficient (Wildman–Crippen LogP) is 4.78. The fourth-order valence-corrected chi connectivity index (χ4v) is 4.22. The number of halogens is 1. The van der Waals surface area contributed by atoms with Crippen molar-refractivity contribution < 1.29 is 14.6 Å². The van der Waals surface area contributed by atoms with Crippen molar-refractivity contribution in [2.45, 2.75) is 64.5 Å². The second kappa shape index (κ2) is 9.96. The normalized spacial score (nSPS) is 16.6. The predicted molar refractivity (Wildman–Crippen MR) is 118 cm³/mol. The lowest BCUT2D eigenvalue weighted by molar-refractivity contribution is -0.184. The third kappa shape index (κ3) is 5.53. The van der Waals surface area contributed by atoms with Gasteiger partial charge in [0.1, 0.15) is 5.60 Å². The molecule has 1 fully saturated rings. The second-order valence-electron chi connectivity index (χ2n) is 8.52. The fourth-order valence-electron chi connectivity index (χ4n) is 3.95. The quantitative estimate of drug-likeness (QED) is 0.514. The summed E-state index contributed by atoms with van der Waals surface area (Å²) >= 11 is 6.43. The van der Waals surface area contributed by atoms with Gasteiger partial charge in [-0.2, -0.15) is 0 Å². The van der Waals surface area contributed by atoms with E-state index in [4.69, 9.17) is 16.3 Å². The number of unbranched alkanes of at least 4 members (excludes halogenated alkanes) is 3. The molecule has 1 unspecified atom stereocenters. The SMILES string of the molecule is CCCCCCC(C)CCNC(=O)c1cn(CC2(O)COC2)c2cccc(Cl)c12. The van der Waals surface area contributed by atoms with Crippen LogP contribution in [0.4, 0.5) is 0 Å². The van der Waals surface area contributed by atoms with Crippen LogP contribution >= 0.6 is 11.6 Å². The van der Waals surface area contributed by atoms with Gasteiger partial charge >= 0.3 is 0 Å². The van der Waals surface area contributed by atoms with E-state index in [1.807, 2.05) is 16.7 Å². The van der Waals surface area contributed by atoms with Crippen LogP contribution in [0.3, 0.4) is 0 Å². The molecule has 1 amide bonds. The van der Waals surface area contributed by atoms with Gasteiger partial charge in [-0.25, -0.2) is 0 Å². The van der Waals surface area contributed by atoms with Crippen molar-refractivity contribution in [3.8, 4) is 0 Å². The summed E-state index contributed by atoms with van der Waals surface area (Å²) in [6, 6.07) is 5.59. The molecule has 3 rings (SSSR count). The number of fused-ring (bicyclic) bond motifs is 1. The average Bonchev–Trinajstić information content (AvgIpc) is 3.04. The van der Waals surface area contributed by atoms with Crippen molar-refractivity contribution in [2.75, 3.05) is 19.8 Å². The number of aromatic nitrogens is 1. The van der Waals surface area contributed by atoms with Crippen molar-refractivity contribution in [3.05, 3.63) is 35.0 Å². The summed E-state index contributed by atoms with van der Waals surface area (Å²) in [5.74, 6) is 0.488. The molecule has 2 N–H and O–H groups in total. The van der Waals surface area contributed by atoms with Crippen LogP contribution in [-0.4, -0.2) is 40.9 Å². The molecule has 0 spiro atoms. The molecule has 6 heteroatoms. The molecule has 1 atom stereocenters. The zero-order valence-electron chi connectivity index (χ0n) is 17.5. The smallest absolute Gasteiger partial charge is 0.253 e. The number of rotatable bonds is 11. The van der Waals surface area contributed by atoms with Gasteiger partial charge in [-0.05, 0) is 24.5 Å². The van der Waals surface area contributed by atoms with Gasteiger partial charge in [0.25, 0.3) is 5.91 Å². The summed E-state index contributed by atoms with van der Waals surface area (Å²) in [6.07, 6.45) is 9.10. The van der Waals surface area contributed by atoms with E-state index in [-0.39, 0.29) is 5.91 Å². The Balaban J connectivity index is 1.63. The lowest BCUT2D eigenvalue weighted by atomic mass is 9.99. The van der Waals surface area contributed by atoms with E-state index in [2.05, 4.69) is 19.2 Å². The van der Waals surface area contributed by atoms with Crippen LogP contribution < -0.4 is 5.32 Å². The summed E-state index contributed by atoms with van der Waals surface area (Å²) < 4.78 is 7.06. The zero-order chi connectivity index (χ0) is 20.9. The molecular formula is C23H33ClN2O3. The van der Waals surface area contributed by atoms with Crippen molar-refractivity contribution in [1.29, 1.82) is 0 Å². The van der Waals surface area contributed by atoms with Gasteiger partial charge in [0.2, 0.25) is 0 Å². The van der Waals surface area contributed by atoms with E-state index in [0.29, 0.717) is 42.8 Å². The number of ether oxygens (including phenoxy) is 1. The van der Waals surface area contributed by atoms with Gasteiger partial charge in [-0.15, -0.1) is 0 Å². The largest absolute Gasteiger partial charge is 0.383 e. The standard InChI is InChI=1S/C23H33ClN2O3/c1-3-4-5-6-8-17(2)11-12-25-22(27)18-13-26(14-23(28)15-29-16-23)20-10-7-9-19(24)21(18)20/h7,9-10,13,17,28H,3-6,8,11-12,14-16H2,1-2H3,(H,25,27). The summed E-state index contributed by atoms with van der Waals surface area (Å²) in [5.41, 5.74) is 0.534. The summed E-state index contributed by atoms with van der Waals surface area (Å²) in [6.45, 7) is 6.13. The topological polar surface area (TPSA) is 63.5 Å². The van der Waals surface area contributed by atoms with E-state index in [0.717, 1.165) is 17.3 Å². The number of hydrogen-bond acceptors (Lipinski definition) is 3. The number of hydrogen-bond donors (Lipinski definition) is 2. The molecule has 160 valence electrons. The van der Waals surface area contributed by atoms with Gasteiger partial charge in [0, 0.05) is 18.1 Å². The van der Waals surface area contributed by atoms with E-state index in [1.54, 1.807) is 12.3 Å². The highest BCUT2D eigenvalue weighted by atomic mass is 35.5. The Morgan fingerprint density at radius 1 is 1.31 bits per heavy atom. The minimum Gasteiger partial charge on any atom is -0.383 e. The van der Waals surface area contributed by atoms with Gasteiger partial charge in [0.05, 0.1) is 35.9 Å². The molecule has 0 bridgehead atoms. The first-order valence-electron chi connectivity index (χ1n) is 10.8. The van der Waals surface area contributed by atoms with E-state index >= 15 is 0 Å². The Bertz CT molecular complexity index is 829. The number of aliphatic hydroxyl groups is 1. The van der Waals surface area contributed by atoms with Gasteiger partial charge < -0.3 is 19.7 Å². The molecule has 5 nitrogen and oxygen atoms in total. The first-order chi connectivity index (χ1) is 13.9. The maximum atomic E-state index is 12.9. The van der Waals surface area contributed by atoms with Crippen molar-refractivity contribution in [1.82, 2.24) is 9.88 Å². The lowest BCUT2D eigenvalue weighted by Gasteiger charge is -2.36. The van der Waals surface area contributed by atoms with Crippen LogP contribution in [0.25, 0.3) is 10.9 Å². The van der Waals surface area contributed by atoms with Crippen molar-refractivity contribution >= 4 is 28.4 Å². The first-order valence-corrected chi connectivity index (χ1v) is 11.2. The number of nitrogens with one attached hydrogen (secondary N) is 1. The van der Waals surface area contributed by atoms with E-state index < -0.39 is 5.60 Å². The van der Waals surface area contributed by atoms with Crippen LogP contribution in [0, 0.1) is 5.92 Å². The number of carbonyl (C=O) groups is 1. The van der Waals surface area contributed by atoms with Gasteiger partial charge in [-0.3, -0.25) is 4.79 Å². The molecular weight excluding hydrogens is 388 g/mol. The van der Waals surface area contributed by atoms with Crippen LogP contribution in [0.5, 0.6) is 0 Å².